The zero-order valence-corrected chi connectivity index (χ0v) is 17.8. The van der Waals surface area contributed by atoms with Crippen LogP contribution in [0.4, 0.5) is 0 Å². The number of nitrogens with zero attached hydrogens (tertiary/aromatic N) is 1. The number of nitrogens with one attached hydrogen (secondary N) is 2. The van der Waals surface area contributed by atoms with E-state index >= 15 is 0 Å². The quantitative estimate of drug-likeness (QED) is 0.383. The summed E-state index contributed by atoms with van der Waals surface area (Å²) in [6.45, 7) is 2.24. The molecule has 1 aliphatic rings. The van der Waals surface area contributed by atoms with Crippen LogP contribution in [-0.4, -0.2) is 30.1 Å². The lowest BCUT2D eigenvalue weighted by atomic mass is 9.77. The summed E-state index contributed by atoms with van der Waals surface area (Å²) >= 11 is 0. The first-order valence-corrected chi connectivity index (χ1v) is 11.4. The number of hydroxylamine groups is 1. The Bertz CT molecular complexity index is 1220. The number of pyridine rings is 1. The van der Waals surface area contributed by atoms with Gasteiger partial charge in [0.15, 0.2) is 0 Å². The highest BCUT2D eigenvalue weighted by Crippen LogP contribution is 2.34. The second kappa shape index (κ2) is 8.26. The van der Waals surface area contributed by atoms with Gasteiger partial charge < -0.3 is 4.74 Å². The van der Waals surface area contributed by atoms with Crippen LogP contribution in [0.1, 0.15) is 30.5 Å². The maximum absolute atomic E-state index is 12.7. The average Bonchev–Trinajstić information content (AvgIpc) is 2.74. The Morgan fingerprint density at radius 3 is 2.52 bits per heavy atom. The third-order valence-corrected chi connectivity index (χ3v) is 7.08. The highest BCUT2D eigenvalue weighted by molar-refractivity contribution is 7.89. The van der Waals surface area contributed by atoms with Crippen LogP contribution >= 0.6 is 0 Å². The molecule has 0 radical (unpaired) electrons. The normalized spacial score (nSPS) is 15.3. The molecule has 1 saturated carbocycles. The lowest BCUT2D eigenvalue weighted by molar-refractivity contribution is -0.138. The first-order valence-electron chi connectivity index (χ1n) is 9.90. The maximum Gasteiger partial charge on any atom is 0.264 e. The summed E-state index contributed by atoms with van der Waals surface area (Å²) in [6.07, 6.45) is 1.37. The van der Waals surface area contributed by atoms with Gasteiger partial charge in [-0.3, -0.25) is 15.0 Å². The van der Waals surface area contributed by atoms with Crippen LogP contribution in [0, 0.1) is 6.92 Å². The van der Waals surface area contributed by atoms with Gasteiger partial charge in [0.25, 0.3) is 5.91 Å². The van der Waals surface area contributed by atoms with Gasteiger partial charge in [0, 0.05) is 16.6 Å². The summed E-state index contributed by atoms with van der Waals surface area (Å²) in [6, 6.07) is 15.8. The number of amides is 1. The number of para-hydroxylation sites is 1. The summed E-state index contributed by atoms with van der Waals surface area (Å²) in [7, 11) is -3.94. The summed E-state index contributed by atoms with van der Waals surface area (Å²) in [5.41, 5.74) is 3.02. The molecule has 31 heavy (non-hydrogen) atoms. The Hall–Kier alpha value is -3.01. The third kappa shape index (κ3) is 4.25. The molecule has 0 aliphatic heterocycles. The number of hydrogen-bond acceptors (Lipinski definition) is 6. The fourth-order valence-electron chi connectivity index (χ4n) is 3.72. The zero-order valence-electron chi connectivity index (χ0n) is 17.0. The molecule has 1 fully saturated rings. The zero-order chi connectivity index (χ0) is 22.1. The number of sulfonamides is 1. The predicted octanol–water partition coefficient (Wildman–Crippen LogP) is 2.83. The molecule has 1 aliphatic carbocycles. The molecule has 1 heterocycles. The smallest absolute Gasteiger partial charge is 0.264 e. The molecule has 3 aromatic rings. The molecule has 3 N–H and O–H groups in total. The van der Waals surface area contributed by atoms with Crippen LogP contribution in [0.3, 0.4) is 0 Å². The lowest BCUT2D eigenvalue weighted by Gasteiger charge is -2.39. The van der Waals surface area contributed by atoms with Crippen molar-refractivity contribution in [3.8, 4) is 5.75 Å². The van der Waals surface area contributed by atoms with Gasteiger partial charge in [-0.05, 0) is 62.6 Å². The van der Waals surface area contributed by atoms with Gasteiger partial charge in [-0.15, -0.1) is 0 Å². The number of fused-ring (bicyclic) bond motifs is 1. The minimum absolute atomic E-state index is 0.0158. The summed E-state index contributed by atoms with van der Waals surface area (Å²) < 4.78 is 33.7. The molecule has 162 valence electrons. The van der Waals surface area contributed by atoms with Crippen LogP contribution in [-0.2, 0) is 21.4 Å². The highest BCUT2D eigenvalue weighted by atomic mass is 32.2. The first kappa shape index (κ1) is 21.2. The Morgan fingerprint density at radius 1 is 1.16 bits per heavy atom. The van der Waals surface area contributed by atoms with Crippen molar-refractivity contribution in [1.82, 2.24) is 15.2 Å². The molecular weight excluding hydrogens is 418 g/mol. The van der Waals surface area contributed by atoms with E-state index in [9.17, 15) is 13.2 Å². The Balaban J connectivity index is 1.48. The van der Waals surface area contributed by atoms with Gasteiger partial charge in [-0.25, -0.2) is 13.9 Å². The second-order valence-electron chi connectivity index (χ2n) is 7.68. The van der Waals surface area contributed by atoms with E-state index < -0.39 is 21.5 Å². The minimum atomic E-state index is -3.94. The standard InChI is InChI=1S/C22H23N3O5S/c1-15-13-16(19-5-2-3-6-20(19)23-15)14-30-17-7-9-18(10-8-17)31(28,29)25-22(11-4-12-22)21(26)24-27/h2-3,5-10,13,25,27H,4,11-12,14H2,1H3,(H,24,26). The van der Waals surface area contributed by atoms with Crippen molar-refractivity contribution in [3.05, 3.63) is 65.9 Å². The summed E-state index contributed by atoms with van der Waals surface area (Å²) in [5.74, 6) is -0.230. The first-order chi connectivity index (χ1) is 14.8. The van der Waals surface area contributed by atoms with Gasteiger partial charge >= 0.3 is 0 Å². The fraction of sp³-hybridized carbons (Fsp3) is 0.273. The molecule has 0 saturated heterocycles. The van der Waals surface area contributed by atoms with E-state index in [1.165, 1.54) is 12.1 Å². The number of aryl methyl sites for hydroxylation is 1. The van der Waals surface area contributed by atoms with Crippen molar-refractivity contribution in [2.75, 3.05) is 0 Å². The SMILES string of the molecule is Cc1cc(COc2ccc(S(=O)(=O)NC3(C(=O)NO)CCC3)cc2)c2ccccc2n1. The molecule has 1 aromatic heterocycles. The Labute approximate surface area is 180 Å². The summed E-state index contributed by atoms with van der Waals surface area (Å²) in [5, 5.41) is 9.92. The molecule has 0 bridgehead atoms. The predicted molar refractivity (Wildman–Crippen MR) is 114 cm³/mol. The van der Waals surface area contributed by atoms with Gasteiger partial charge in [0.1, 0.15) is 17.9 Å². The second-order valence-corrected chi connectivity index (χ2v) is 9.36. The van der Waals surface area contributed by atoms with Crippen molar-refractivity contribution in [2.24, 2.45) is 0 Å². The van der Waals surface area contributed by atoms with Crippen LogP contribution in [0.2, 0.25) is 0 Å². The number of aromatic nitrogens is 1. The van der Waals surface area contributed by atoms with Crippen molar-refractivity contribution >= 4 is 26.8 Å². The number of benzene rings is 2. The Kier molecular flexibility index (Phi) is 5.65. The van der Waals surface area contributed by atoms with Gasteiger partial charge in [0.05, 0.1) is 10.4 Å². The number of carbonyl (C=O) groups excluding carboxylic acids is 1. The molecule has 9 heteroatoms. The van der Waals surface area contributed by atoms with Crippen molar-refractivity contribution in [2.45, 2.75) is 43.2 Å². The van der Waals surface area contributed by atoms with Crippen LogP contribution < -0.4 is 14.9 Å². The Morgan fingerprint density at radius 2 is 1.87 bits per heavy atom. The van der Waals surface area contributed by atoms with E-state index in [0.717, 1.165) is 22.2 Å². The summed E-state index contributed by atoms with van der Waals surface area (Å²) in [4.78, 5) is 16.4. The number of rotatable bonds is 7. The van der Waals surface area contributed by atoms with Gasteiger partial charge in [-0.1, -0.05) is 18.2 Å². The number of ether oxygens (including phenoxy) is 1. The van der Waals surface area contributed by atoms with E-state index in [1.807, 2.05) is 37.3 Å². The molecule has 0 unspecified atom stereocenters. The van der Waals surface area contributed by atoms with Crippen LogP contribution in [0.5, 0.6) is 5.75 Å². The topological polar surface area (TPSA) is 118 Å². The molecule has 2 aromatic carbocycles. The maximum atomic E-state index is 12.7. The van der Waals surface area contributed by atoms with Gasteiger partial charge in [-0.2, -0.15) is 4.72 Å². The average molecular weight is 442 g/mol. The number of hydrogen-bond donors (Lipinski definition) is 3. The fourth-order valence-corrected chi connectivity index (χ4v) is 5.14. The minimum Gasteiger partial charge on any atom is -0.489 e. The van der Waals surface area contributed by atoms with Crippen LogP contribution in [0.25, 0.3) is 10.9 Å². The highest BCUT2D eigenvalue weighted by Gasteiger charge is 2.47. The van der Waals surface area contributed by atoms with E-state index in [0.29, 0.717) is 31.6 Å². The van der Waals surface area contributed by atoms with Gasteiger partial charge in [0.2, 0.25) is 10.0 Å². The lowest BCUT2D eigenvalue weighted by Crippen LogP contribution is -2.62. The van der Waals surface area contributed by atoms with E-state index in [-0.39, 0.29) is 4.90 Å². The van der Waals surface area contributed by atoms with E-state index in [4.69, 9.17) is 9.94 Å². The van der Waals surface area contributed by atoms with Crippen molar-refractivity contribution in [1.29, 1.82) is 0 Å². The largest absolute Gasteiger partial charge is 0.489 e. The van der Waals surface area contributed by atoms with Crippen molar-refractivity contribution < 1.29 is 23.2 Å². The van der Waals surface area contributed by atoms with Crippen molar-refractivity contribution in [3.63, 3.8) is 0 Å². The molecular formula is C22H23N3O5S. The third-order valence-electron chi connectivity index (χ3n) is 5.53. The van der Waals surface area contributed by atoms with E-state index in [2.05, 4.69) is 9.71 Å². The van der Waals surface area contributed by atoms with E-state index in [1.54, 1.807) is 17.6 Å². The molecule has 0 spiro atoms. The molecule has 0 atom stereocenters. The molecule has 4 rings (SSSR count). The number of carbonyl (C=O) groups is 1. The molecule has 8 nitrogen and oxygen atoms in total. The van der Waals surface area contributed by atoms with Crippen LogP contribution in [0.15, 0.2) is 59.5 Å². The monoisotopic (exact) mass is 441 g/mol. The molecule has 1 amide bonds.